The maximum atomic E-state index is 5.99. The number of allylic oxidation sites excluding steroid dienone is 4. The molecule has 0 saturated carbocycles. The quantitative estimate of drug-likeness (QED) is 0.719. The van der Waals surface area contributed by atoms with Crippen LogP contribution in [0.3, 0.4) is 0 Å². The summed E-state index contributed by atoms with van der Waals surface area (Å²) in [4.78, 5) is 0. The Morgan fingerprint density at radius 3 is 2.81 bits per heavy atom. The first kappa shape index (κ1) is 9.52. The summed E-state index contributed by atoms with van der Waals surface area (Å²) in [5, 5.41) is 0. The lowest BCUT2D eigenvalue weighted by Gasteiger charge is -2.16. The lowest BCUT2D eigenvalue weighted by atomic mass is 9.98. The van der Waals surface area contributed by atoms with Gasteiger partial charge in [0.05, 0.1) is 0 Å². The minimum atomic E-state index is 0.918. The normalized spacial score (nSPS) is 19.1. The second kappa shape index (κ2) is 3.71. The van der Waals surface area contributed by atoms with Crippen LogP contribution in [0.2, 0.25) is 0 Å². The monoisotopic (exact) mass is 213 g/mol. The average Bonchev–Trinajstić information content (AvgIpc) is 2.48. The molecule has 0 saturated heterocycles. The summed E-state index contributed by atoms with van der Waals surface area (Å²) in [6.07, 6.45) is 6.02. The molecule has 1 aliphatic carbocycles. The van der Waals surface area contributed by atoms with E-state index in [1.54, 1.807) is 0 Å². The fourth-order valence-electron chi connectivity index (χ4n) is 2.34. The van der Waals surface area contributed by atoms with Crippen molar-refractivity contribution < 1.29 is 4.74 Å². The molecule has 0 unspecified atom stereocenters. The summed E-state index contributed by atoms with van der Waals surface area (Å²) >= 11 is 0. The van der Waals surface area contributed by atoms with Gasteiger partial charge >= 0.3 is 0 Å². The van der Waals surface area contributed by atoms with E-state index < -0.39 is 0 Å². The molecule has 2 nitrogen and oxygen atoms in total. The molecule has 0 atom stereocenters. The number of para-hydroxylation sites is 1. The van der Waals surface area contributed by atoms with E-state index >= 15 is 0 Å². The Balaban J connectivity index is 1.99. The summed E-state index contributed by atoms with van der Waals surface area (Å²) in [7, 11) is 0. The zero-order valence-electron chi connectivity index (χ0n) is 9.20. The largest absolute Gasteiger partial charge is 0.461 e. The van der Waals surface area contributed by atoms with Crippen LogP contribution < -0.4 is 10.5 Å². The second-order valence-electron chi connectivity index (χ2n) is 4.38. The summed E-state index contributed by atoms with van der Waals surface area (Å²) < 4.78 is 5.99. The van der Waals surface area contributed by atoms with Gasteiger partial charge in [-0.25, -0.2) is 0 Å². The van der Waals surface area contributed by atoms with Crippen molar-refractivity contribution in [1.29, 1.82) is 0 Å². The second-order valence-corrected chi connectivity index (χ2v) is 4.38. The SMILES string of the molecule is NC1=CC2=C(CC1)Oc1ccccc1CC2. The van der Waals surface area contributed by atoms with E-state index in [2.05, 4.69) is 18.2 Å². The third-order valence-electron chi connectivity index (χ3n) is 3.23. The molecule has 2 aliphatic rings. The summed E-state index contributed by atoms with van der Waals surface area (Å²) in [5.41, 5.74) is 9.42. The number of hydrogen-bond acceptors (Lipinski definition) is 2. The molecule has 0 spiro atoms. The zero-order valence-corrected chi connectivity index (χ0v) is 9.20. The number of nitrogens with two attached hydrogens (primary N) is 1. The Bertz CT molecular complexity index is 485. The number of aryl methyl sites for hydroxylation is 1. The minimum absolute atomic E-state index is 0.918. The summed E-state index contributed by atoms with van der Waals surface area (Å²) in [6.45, 7) is 0. The van der Waals surface area contributed by atoms with Crippen molar-refractivity contribution in [3.8, 4) is 5.75 Å². The van der Waals surface area contributed by atoms with Crippen molar-refractivity contribution in [2.75, 3.05) is 0 Å². The molecular formula is C14H15NO. The van der Waals surface area contributed by atoms with Crippen molar-refractivity contribution in [1.82, 2.24) is 0 Å². The summed E-state index contributed by atoms with van der Waals surface area (Å²) in [6, 6.07) is 8.28. The smallest absolute Gasteiger partial charge is 0.130 e. The molecule has 0 fully saturated rings. The molecule has 1 aliphatic heterocycles. The number of ether oxygens (including phenoxy) is 1. The van der Waals surface area contributed by atoms with E-state index in [0.717, 1.165) is 42.9 Å². The van der Waals surface area contributed by atoms with E-state index in [-0.39, 0.29) is 0 Å². The van der Waals surface area contributed by atoms with Crippen LogP contribution in [0.5, 0.6) is 5.75 Å². The van der Waals surface area contributed by atoms with Gasteiger partial charge in [0.25, 0.3) is 0 Å². The molecule has 0 aromatic heterocycles. The van der Waals surface area contributed by atoms with Gasteiger partial charge in [-0.1, -0.05) is 18.2 Å². The van der Waals surface area contributed by atoms with Gasteiger partial charge in [-0.3, -0.25) is 0 Å². The highest BCUT2D eigenvalue weighted by Gasteiger charge is 2.18. The van der Waals surface area contributed by atoms with E-state index in [1.807, 2.05) is 12.1 Å². The maximum absolute atomic E-state index is 5.99. The first-order valence-electron chi connectivity index (χ1n) is 5.77. The molecule has 0 amide bonds. The van der Waals surface area contributed by atoms with Crippen LogP contribution in [0.25, 0.3) is 0 Å². The minimum Gasteiger partial charge on any atom is -0.461 e. The van der Waals surface area contributed by atoms with Gasteiger partial charge in [-0.05, 0) is 42.5 Å². The van der Waals surface area contributed by atoms with Gasteiger partial charge in [0.2, 0.25) is 0 Å². The van der Waals surface area contributed by atoms with Gasteiger partial charge in [0.15, 0.2) is 0 Å². The number of hydrogen-bond donors (Lipinski definition) is 1. The van der Waals surface area contributed by atoms with E-state index in [0.29, 0.717) is 0 Å². The van der Waals surface area contributed by atoms with Crippen molar-refractivity contribution in [3.63, 3.8) is 0 Å². The highest BCUT2D eigenvalue weighted by Crippen LogP contribution is 2.33. The molecule has 82 valence electrons. The first-order chi connectivity index (χ1) is 7.83. The average molecular weight is 213 g/mol. The molecule has 0 bridgehead atoms. The Hall–Kier alpha value is -1.70. The molecule has 16 heavy (non-hydrogen) atoms. The summed E-state index contributed by atoms with van der Waals surface area (Å²) in [5.74, 6) is 2.13. The molecule has 1 heterocycles. The molecule has 0 radical (unpaired) electrons. The van der Waals surface area contributed by atoms with Crippen LogP contribution in [-0.4, -0.2) is 0 Å². The third-order valence-corrected chi connectivity index (χ3v) is 3.23. The lowest BCUT2D eigenvalue weighted by molar-refractivity contribution is 0.395. The third kappa shape index (κ3) is 1.60. The predicted molar refractivity (Wildman–Crippen MR) is 63.9 cm³/mol. The fraction of sp³-hybridized carbons (Fsp3) is 0.286. The van der Waals surface area contributed by atoms with Gasteiger partial charge in [-0.15, -0.1) is 0 Å². The highest BCUT2D eigenvalue weighted by atomic mass is 16.5. The van der Waals surface area contributed by atoms with Crippen LogP contribution in [0, 0.1) is 0 Å². The number of fused-ring (bicyclic) bond motifs is 1. The molecule has 1 aromatic carbocycles. The fourth-order valence-corrected chi connectivity index (χ4v) is 2.34. The standard InChI is InChI=1S/C14H15NO/c15-12-7-8-14-11(9-12)6-5-10-3-1-2-4-13(10)16-14/h1-4,9H,5-8,15H2. The van der Waals surface area contributed by atoms with E-state index in [1.165, 1.54) is 11.1 Å². The Morgan fingerprint density at radius 1 is 1.00 bits per heavy atom. The van der Waals surface area contributed by atoms with Crippen molar-refractivity contribution in [2.24, 2.45) is 5.73 Å². The molecule has 2 N–H and O–H groups in total. The van der Waals surface area contributed by atoms with Gasteiger partial charge in [0, 0.05) is 12.1 Å². The zero-order chi connectivity index (χ0) is 11.0. The maximum Gasteiger partial charge on any atom is 0.130 e. The Kier molecular flexibility index (Phi) is 2.21. The highest BCUT2D eigenvalue weighted by molar-refractivity contribution is 5.41. The van der Waals surface area contributed by atoms with Gasteiger partial charge < -0.3 is 10.5 Å². The van der Waals surface area contributed by atoms with Crippen LogP contribution >= 0.6 is 0 Å². The lowest BCUT2D eigenvalue weighted by Crippen LogP contribution is -2.08. The molecule has 3 rings (SSSR count). The predicted octanol–water partition coefficient (Wildman–Crippen LogP) is 2.90. The van der Waals surface area contributed by atoms with Gasteiger partial charge in [0.1, 0.15) is 11.5 Å². The van der Waals surface area contributed by atoms with Crippen molar-refractivity contribution >= 4 is 0 Å². The molecule has 1 aromatic rings. The van der Waals surface area contributed by atoms with E-state index in [4.69, 9.17) is 10.5 Å². The topological polar surface area (TPSA) is 35.2 Å². The van der Waals surface area contributed by atoms with Crippen LogP contribution in [-0.2, 0) is 6.42 Å². The van der Waals surface area contributed by atoms with Crippen LogP contribution in [0.4, 0.5) is 0 Å². The first-order valence-corrected chi connectivity index (χ1v) is 5.77. The van der Waals surface area contributed by atoms with Gasteiger partial charge in [-0.2, -0.15) is 0 Å². The van der Waals surface area contributed by atoms with E-state index in [9.17, 15) is 0 Å². The van der Waals surface area contributed by atoms with Crippen LogP contribution in [0.1, 0.15) is 24.8 Å². The van der Waals surface area contributed by atoms with Crippen LogP contribution in [0.15, 0.2) is 47.4 Å². The number of benzene rings is 1. The number of rotatable bonds is 0. The van der Waals surface area contributed by atoms with Crippen molar-refractivity contribution in [3.05, 3.63) is 52.9 Å². The molecule has 2 heteroatoms. The Morgan fingerprint density at radius 2 is 1.88 bits per heavy atom. The Labute approximate surface area is 95.4 Å². The van der Waals surface area contributed by atoms with Crippen molar-refractivity contribution in [2.45, 2.75) is 25.7 Å². The molecular weight excluding hydrogens is 198 g/mol.